The first-order chi connectivity index (χ1) is 19.8. The van der Waals surface area contributed by atoms with Crippen LogP contribution in [-0.2, 0) is 39.1 Å². The summed E-state index contributed by atoms with van der Waals surface area (Å²) >= 11 is 0. The van der Waals surface area contributed by atoms with Crippen molar-refractivity contribution in [3.05, 3.63) is 115 Å². The van der Waals surface area contributed by atoms with E-state index in [-0.39, 0.29) is 0 Å². The largest absolute Gasteiger partial charge is 0.485 e. The summed E-state index contributed by atoms with van der Waals surface area (Å²) in [6, 6.07) is 11.7. The fourth-order valence-electron chi connectivity index (χ4n) is 4.27. The number of hydrogen-bond donors (Lipinski definition) is 7. The molecule has 0 saturated heterocycles. The molecule has 13 heteroatoms. The molecule has 0 saturated carbocycles. The van der Waals surface area contributed by atoms with Gasteiger partial charge in [0.05, 0.1) is 25.2 Å². The molecule has 0 aromatic heterocycles. The number of hydrogen-bond acceptors (Lipinski definition) is 7. The highest BCUT2D eigenvalue weighted by Crippen LogP contribution is 2.53. The van der Waals surface area contributed by atoms with Gasteiger partial charge in [0.1, 0.15) is 11.9 Å². The first-order valence-corrected chi connectivity index (χ1v) is 15.8. The van der Waals surface area contributed by atoms with Crippen molar-refractivity contribution in [3.8, 4) is 5.75 Å². The molecule has 0 radical (unpaired) electrons. The third-order valence-corrected chi connectivity index (χ3v) is 7.91. The zero-order valence-corrected chi connectivity index (χ0v) is 25.1. The summed E-state index contributed by atoms with van der Waals surface area (Å²) < 4.78 is 28.8. The van der Waals surface area contributed by atoms with E-state index in [0.29, 0.717) is 31.4 Å². The summed E-state index contributed by atoms with van der Waals surface area (Å²) in [6.45, 7) is 14.1. The van der Waals surface area contributed by atoms with E-state index in [4.69, 9.17) is 24.3 Å². The van der Waals surface area contributed by atoms with Crippen LogP contribution in [0.4, 0.5) is 0 Å². The lowest BCUT2D eigenvalue weighted by Crippen LogP contribution is -2.43. The number of ether oxygens (including phenoxy) is 1. The SMILES string of the molecule is C=CCc1cccc(OC(c2cccc(CC=C)c2CC=C)C(CO)(CO)CO)c1CC=C.O=P(O)(O)OP(=O)(O)O. The minimum absolute atomic E-state index is 0.451. The molecule has 0 spiro atoms. The van der Waals surface area contributed by atoms with E-state index in [9.17, 15) is 24.4 Å². The molecule has 7 N–H and O–H groups in total. The molecule has 42 heavy (non-hydrogen) atoms. The highest BCUT2D eigenvalue weighted by Gasteiger charge is 2.42. The fraction of sp³-hybridized carbons (Fsp3) is 0.310. The van der Waals surface area contributed by atoms with Crippen molar-refractivity contribution in [1.82, 2.24) is 0 Å². The lowest BCUT2D eigenvalue weighted by atomic mass is 9.77. The lowest BCUT2D eigenvalue weighted by molar-refractivity contribution is -0.0747. The predicted molar refractivity (Wildman–Crippen MR) is 161 cm³/mol. The minimum Gasteiger partial charge on any atom is -0.485 e. The molecule has 2 aromatic rings. The molecular formula is C29H40O11P2. The molecule has 1 atom stereocenters. The van der Waals surface area contributed by atoms with Gasteiger partial charge >= 0.3 is 15.6 Å². The van der Waals surface area contributed by atoms with Crippen molar-refractivity contribution >= 4 is 15.6 Å². The van der Waals surface area contributed by atoms with Gasteiger partial charge in [-0.25, -0.2) is 9.13 Å². The van der Waals surface area contributed by atoms with Gasteiger partial charge in [-0.05, 0) is 54.0 Å². The van der Waals surface area contributed by atoms with E-state index in [1.807, 2.05) is 60.7 Å². The van der Waals surface area contributed by atoms with Gasteiger partial charge in [-0.2, -0.15) is 4.31 Å². The zero-order valence-electron chi connectivity index (χ0n) is 23.3. The van der Waals surface area contributed by atoms with Crippen LogP contribution in [0, 0.1) is 5.41 Å². The molecule has 1 unspecified atom stereocenters. The van der Waals surface area contributed by atoms with Gasteiger partial charge < -0.3 is 39.6 Å². The Bertz CT molecular complexity index is 1260. The third kappa shape index (κ3) is 11.2. The van der Waals surface area contributed by atoms with E-state index < -0.39 is 47.0 Å². The van der Waals surface area contributed by atoms with Crippen molar-refractivity contribution in [2.24, 2.45) is 5.41 Å². The van der Waals surface area contributed by atoms with E-state index in [1.165, 1.54) is 0 Å². The molecule has 0 fully saturated rings. The summed E-state index contributed by atoms with van der Waals surface area (Å²) in [6.07, 6.45) is 8.99. The Morgan fingerprint density at radius 3 is 1.52 bits per heavy atom. The van der Waals surface area contributed by atoms with E-state index >= 15 is 0 Å². The molecule has 0 heterocycles. The summed E-state index contributed by atoms with van der Waals surface area (Å²) in [4.78, 5) is 31.0. The zero-order chi connectivity index (χ0) is 32.0. The Labute approximate surface area is 246 Å². The van der Waals surface area contributed by atoms with Gasteiger partial charge in [0, 0.05) is 5.56 Å². The molecule has 0 aliphatic rings. The van der Waals surface area contributed by atoms with Crippen LogP contribution in [-0.4, -0.2) is 54.7 Å². The predicted octanol–water partition coefficient (Wildman–Crippen LogP) is 3.87. The molecule has 0 bridgehead atoms. The second kappa shape index (κ2) is 17.5. The van der Waals surface area contributed by atoms with Crippen molar-refractivity contribution in [2.45, 2.75) is 31.8 Å². The number of aliphatic hydroxyl groups is 3. The number of benzene rings is 2. The Balaban J connectivity index is 0.000000844. The maximum atomic E-state index is 10.3. The maximum Gasteiger partial charge on any atom is 0.478 e. The number of phosphoric acid groups is 2. The van der Waals surface area contributed by atoms with Crippen molar-refractivity contribution in [2.75, 3.05) is 19.8 Å². The minimum atomic E-state index is -5.05. The molecule has 232 valence electrons. The van der Waals surface area contributed by atoms with Gasteiger partial charge in [0.25, 0.3) is 0 Å². The van der Waals surface area contributed by atoms with Crippen molar-refractivity contribution in [1.29, 1.82) is 0 Å². The molecular weight excluding hydrogens is 586 g/mol. The quantitative estimate of drug-likeness (QED) is 0.0995. The molecule has 0 aliphatic carbocycles. The fourth-order valence-corrected chi connectivity index (χ4v) is 5.38. The van der Waals surface area contributed by atoms with Crippen LogP contribution in [0.2, 0.25) is 0 Å². The van der Waals surface area contributed by atoms with Crippen LogP contribution >= 0.6 is 15.6 Å². The van der Waals surface area contributed by atoms with Crippen molar-refractivity contribution in [3.63, 3.8) is 0 Å². The topological polar surface area (TPSA) is 194 Å². The number of allylic oxidation sites excluding steroid dienone is 4. The van der Waals surface area contributed by atoms with Crippen LogP contribution in [0.1, 0.15) is 33.9 Å². The number of aliphatic hydroxyl groups excluding tert-OH is 3. The lowest BCUT2D eigenvalue weighted by Gasteiger charge is -2.38. The highest BCUT2D eigenvalue weighted by atomic mass is 31.3. The van der Waals surface area contributed by atoms with E-state index in [0.717, 1.165) is 27.8 Å². The van der Waals surface area contributed by atoms with E-state index in [2.05, 4.69) is 30.6 Å². The van der Waals surface area contributed by atoms with Gasteiger partial charge in [-0.15, -0.1) is 26.3 Å². The van der Waals surface area contributed by atoms with Crippen LogP contribution in [0.15, 0.2) is 87.0 Å². The summed E-state index contributed by atoms with van der Waals surface area (Å²) in [5.41, 5.74) is 3.58. The van der Waals surface area contributed by atoms with Gasteiger partial charge in [-0.1, -0.05) is 54.6 Å². The average Bonchev–Trinajstić information content (AvgIpc) is 2.91. The van der Waals surface area contributed by atoms with Crippen LogP contribution in [0.25, 0.3) is 0 Å². The summed E-state index contributed by atoms with van der Waals surface area (Å²) in [5, 5.41) is 31.0. The smallest absolute Gasteiger partial charge is 0.478 e. The molecule has 11 nitrogen and oxygen atoms in total. The summed E-state index contributed by atoms with van der Waals surface area (Å²) in [7, 11) is -10.1. The normalized spacial score (nSPS) is 12.5. The molecule has 0 amide bonds. The molecule has 2 aromatic carbocycles. The number of rotatable bonds is 17. The van der Waals surface area contributed by atoms with Gasteiger partial charge in [0.15, 0.2) is 0 Å². The van der Waals surface area contributed by atoms with Crippen LogP contribution in [0.5, 0.6) is 5.75 Å². The Kier molecular flexibility index (Phi) is 15.5. The maximum absolute atomic E-state index is 10.3. The van der Waals surface area contributed by atoms with Gasteiger partial charge in [-0.3, -0.25) is 0 Å². The Morgan fingerprint density at radius 1 is 0.690 bits per heavy atom. The third-order valence-electron chi connectivity index (χ3n) is 6.21. The first-order valence-electron chi connectivity index (χ1n) is 12.7. The van der Waals surface area contributed by atoms with Gasteiger partial charge in [0.2, 0.25) is 0 Å². The molecule has 0 aliphatic heterocycles. The van der Waals surface area contributed by atoms with Crippen LogP contribution < -0.4 is 4.74 Å². The van der Waals surface area contributed by atoms with Crippen molar-refractivity contribution < 1.29 is 53.1 Å². The second-order valence-corrected chi connectivity index (χ2v) is 11.9. The average molecular weight is 627 g/mol. The second-order valence-electron chi connectivity index (χ2n) is 9.25. The monoisotopic (exact) mass is 626 g/mol. The Morgan fingerprint density at radius 2 is 1.12 bits per heavy atom. The highest BCUT2D eigenvalue weighted by molar-refractivity contribution is 7.60. The Hall–Kier alpha value is -2.66. The summed E-state index contributed by atoms with van der Waals surface area (Å²) in [5.74, 6) is 0.623. The van der Waals surface area contributed by atoms with E-state index in [1.54, 1.807) is 0 Å². The molecule has 2 rings (SSSR count). The first kappa shape index (κ1) is 37.4. The standard InChI is InChI=1S/C29H36O4.H4O7P2/c1-5-11-22-15-9-17-26(24(22)13-7-3)28(29(19-30,20-31)21-32)33-27-18-10-16-23(12-6-2)25(27)14-8-4;1-8(2,3)7-9(4,5)6/h5-10,15-18,28,30-32H,1-4,11-14,19-21H2;(H2,1,2,3)(H2,4,5,6). The van der Waals surface area contributed by atoms with Crippen LogP contribution in [0.3, 0.4) is 0 Å².